The van der Waals surface area contributed by atoms with Gasteiger partial charge < -0.3 is 4.90 Å². The van der Waals surface area contributed by atoms with Crippen molar-refractivity contribution in [2.24, 2.45) is 0 Å². The lowest BCUT2D eigenvalue weighted by Gasteiger charge is -2.36. The summed E-state index contributed by atoms with van der Waals surface area (Å²) in [4.78, 5) is 5.00. The van der Waals surface area contributed by atoms with Gasteiger partial charge in [-0.25, -0.2) is 0 Å². The van der Waals surface area contributed by atoms with Crippen LogP contribution in [-0.4, -0.2) is 31.1 Å². The summed E-state index contributed by atoms with van der Waals surface area (Å²) in [5.41, 5.74) is 2.73. The van der Waals surface area contributed by atoms with Crippen molar-refractivity contribution in [2.75, 3.05) is 31.1 Å². The van der Waals surface area contributed by atoms with Gasteiger partial charge in [-0.1, -0.05) is 46.3 Å². The molecule has 0 spiro atoms. The molecule has 2 nitrogen and oxygen atoms in total. The molecule has 2 aromatic rings. The van der Waals surface area contributed by atoms with E-state index in [-0.39, 0.29) is 0 Å². The Bertz CT molecular complexity index is 531. The van der Waals surface area contributed by atoms with E-state index >= 15 is 0 Å². The predicted octanol–water partition coefficient (Wildman–Crippen LogP) is 3.77. The van der Waals surface area contributed by atoms with E-state index in [1.807, 2.05) is 0 Å². The molecule has 0 bridgehead atoms. The number of halogens is 1. The fourth-order valence-electron chi connectivity index (χ4n) is 2.66. The number of benzene rings is 2. The van der Waals surface area contributed by atoms with Crippen molar-refractivity contribution in [2.45, 2.75) is 6.54 Å². The zero-order valence-electron chi connectivity index (χ0n) is 11.5. The van der Waals surface area contributed by atoms with Crippen molar-refractivity contribution >= 4 is 21.6 Å². The number of rotatable bonds is 3. The standard InChI is InChI=1S/C17H19BrN2/c18-16-6-8-17(9-7-16)20-12-10-19(11-13-20)14-15-4-2-1-3-5-15/h1-9H,10-14H2. The molecule has 3 rings (SSSR count). The summed E-state index contributed by atoms with van der Waals surface area (Å²) in [7, 11) is 0. The Morgan fingerprint density at radius 1 is 0.800 bits per heavy atom. The van der Waals surface area contributed by atoms with Crippen LogP contribution in [0.4, 0.5) is 5.69 Å². The van der Waals surface area contributed by atoms with Gasteiger partial charge in [-0.3, -0.25) is 4.90 Å². The minimum atomic E-state index is 1.06. The van der Waals surface area contributed by atoms with Gasteiger partial charge in [0, 0.05) is 42.9 Å². The smallest absolute Gasteiger partial charge is 0.0367 e. The molecule has 0 unspecified atom stereocenters. The summed E-state index contributed by atoms with van der Waals surface area (Å²) in [5, 5.41) is 0. The van der Waals surface area contributed by atoms with Crippen molar-refractivity contribution in [1.29, 1.82) is 0 Å². The number of anilines is 1. The van der Waals surface area contributed by atoms with E-state index in [1.165, 1.54) is 11.3 Å². The van der Waals surface area contributed by atoms with E-state index in [0.29, 0.717) is 0 Å². The molecule has 0 saturated carbocycles. The third kappa shape index (κ3) is 3.41. The first-order chi connectivity index (χ1) is 9.81. The topological polar surface area (TPSA) is 6.48 Å². The van der Waals surface area contributed by atoms with Crippen molar-refractivity contribution < 1.29 is 0 Å². The average molecular weight is 331 g/mol. The van der Waals surface area contributed by atoms with Crippen LogP contribution in [0.25, 0.3) is 0 Å². The molecule has 1 fully saturated rings. The lowest BCUT2D eigenvalue weighted by Crippen LogP contribution is -2.45. The highest BCUT2D eigenvalue weighted by Crippen LogP contribution is 2.20. The average Bonchev–Trinajstić information content (AvgIpc) is 2.50. The normalized spacial score (nSPS) is 16.4. The highest BCUT2D eigenvalue weighted by Gasteiger charge is 2.17. The second-order valence-electron chi connectivity index (χ2n) is 5.23. The maximum absolute atomic E-state index is 3.49. The molecule has 2 aromatic carbocycles. The second kappa shape index (κ2) is 6.42. The van der Waals surface area contributed by atoms with Gasteiger partial charge in [0.15, 0.2) is 0 Å². The molecular weight excluding hydrogens is 312 g/mol. The first-order valence-electron chi connectivity index (χ1n) is 7.08. The van der Waals surface area contributed by atoms with Gasteiger partial charge in [-0.05, 0) is 29.8 Å². The van der Waals surface area contributed by atoms with Gasteiger partial charge in [-0.2, -0.15) is 0 Å². The summed E-state index contributed by atoms with van der Waals surface area (Å²) >= 11 is 3.49. The zero-order chi connectivity index (χ0) is 13.8. The highest BCUT2D eigenvalue weighted by molar-refractivity contribution is 9.10. The van der Waals surface area contributed by atoms with Crippen molar-refractivity contribution in [3.63, 3.8) is 0 Å². The summed E-state index contributed by atoms with van der Waals surface area (Å²) < 4.78 is 1.14. The van der Waals surface area contributed by atoms with E-state index in [2.05, 4.69) is 80.3 Å². The Morgan fingerprint density at radius 2 is 1.45 bits per heavy atom. The van der Waals surface area contributed by atoms with Crippen molar-refractivity contribution in [3.05, 3.63) is 64.6 Å². The Kier molecular flexibility index (Phi) is 4.38. The Balaban J connectivity index is 1.55. The highest BCUT2D eigenvalue weighted by atomic mass is 79.9. The maximum Gasteiger partial charge on any atom is 0.0367 e. The fourth-order valence-corrected chi connectivity index (χ4v) is 2.92. The molecule has 104 valence electrons. The summed E-state index contributed by atoms with van der Waals surface area (Å²) in [6, 6.07) is 19.4. The first kappa shape index (κ1) is 13.7. The second-order valence-corrected chi connectivity index (χ2v) is 6.14. The van der Waals surface area contributed by atoms with Crippen LogP contribution in [0.3, 0.4) is 0 Å². The van der Waals surface area contributed by atoms with Crippen LogP contribution in [0.15, 0.2) is 59.1 Å². The maximum atomic E-state index is 3.49. The van der Waals surface area contributed by atoms with E-state index in [1.54, 1.807) is 0 Å². The largest absolute Gasteiger partial charge is 0.369 e. The quantitative estimate of drug-likeness (QED) is 0.845. The minimum absolute atomic E-state index is 1.06. The van der Waals surface area contributed by atoms with Crippen LogP contribution < -0.4 is 4.90 Å². The van der Waals surface area contributed by atoms with Gasteiger partial charge in [0.05, 0.1) is 0 Å². The van der Waals surface area contributed by atoms with E-state index in [4.69, 9.17) is 0 Å². The Labute approximate surface area is 129 Å². The van der Waals surface area contributed by atoms with E-state index < -0.39 is 0 Å². The van der Waals surface area contributed by atoms with Crippen LogP contribution in [-0.2, 0) is 6.54 Å². The molecule has 1 aliphatic heterocycles. The van der Waals surface area contributed by atoms with Crippen LogP contribution in [0.1, 0.15) is 5.56 Å². The van der Waals surface area contributed by atoms with Gasteiger partial charge in [0.2, 0.25) is 0 Å². The summed E-state index contributed by atoms with van der Waals surface area (Å²) in [6.45, 7) is 5.54. The summed E-state index contributed by atoms with van der Waals surface area (Å²) in [6.07, 6.45) is 0. The number of hydrogen-bond acceptors (Lipinski definition) is 2. The molecule has 20 heavy (non-hydrogen) atoms. The monoisotopic (exact) mass is 330 g/mol. The molecule has 3 heteroatoms. The van der Waals surface area contributed by atoms with Crippen LogP contribution >= 0.6 is 15.9 Å². The van der Waals surface area contributed by atoms with Gasteiger partial charge >= 0.3 is 0 Å². The lowest BCUT2D eigenvalue weighted by atomic mass is 10.2. The fraction of sp³-hybridized carbons (Fsp3) is 0.294. The Morgan fingerprint density at radius 3 is 2.10 bits per heavy atom. The molecule has 0 N–H and O–H groups in total. The molecule has 0 atom stereocenters. The third-order valence-corrected chi connectivity index (χ3v) is 4.34. The van der Waals surface area contributed by atoms with Crippen LogP contribution in [0, 0.1) is 0 Å². The molecule has 1 aliphatic rings. The molecular formula is C17H19BrN2. The van der Waals surface area contributed by atoms with Gasteiger partial charge in [0.25, 0.3) is 0 Å². The van der Waals surface area contributed by atoms with Crippen molar-refractivity contribution in [3.8, 4) is 0 Å². The molecule has 0 aromatic heterocycles. The molecule has 1 heterocycles. The van der Waals surface area contributed by atoms with Crippen LogP contribution in [0.5, 0.6) is 0 Å². The van der Waals surface area contributed by atoms with Gasteiger partial charge in [-0.15, -0.1) is 0 Å². The zero-order valence-corrected chi connectivity index (χ0v) is 13.1. The molecule has 0 amide bonds. The molecule has 0 radical (unpaired) electrons. The number of piperazine rings is 1. The molecule has 0 aliphatic carbocycles. The first-order valence-corrected chi connectivity index (χ1v) is 7.87. The van der Waals surface area contributed by atoms with Crippen molar-refractivity contribution in [1.82, 2.24) is 4.90 Å². The third-order valence-electron chi connectivity index (χ3n) is 3.81. The predicted molar refractivity (Wildman–Crippen MR) is 88.1 cm³/mol. The Hall–Kier alpha value is -1.32. The SMILES string of the molecule is Brc1ccc(N2CCN(Cc3ccccc3)CC2)cc1. The number of nitrogens with zero attached hydrogens (tertiary/aromatic N) is 2. The number of hydrogen-bond donors (Lipinski definition) is 0. The molecule has 1 saturated heterocycles. The van der Waals surface area contributed by atoms with E-state index in [9.17, 15) is 0 Å². The van der Waals surface area contributed by atoms with Gasteiger partial charge in [0.1, 0.15) is 0 Å². The van der Waals surface area contributed by atoms with E-state index in [0.717, 1.165) is 37.2 Å². The lowest BCUT2D eigenvalue weighted by molar-refractivity contribution is 0.250. The minimum Gasteiger partial charge on any atom is -0.369 e. The summed E-state index contributed by atoms with van der Waals surface area (Å²) in [5.74, 6) is 0. The van der Waals surface area contributed by atoms with Crippen LogP contribution in [0.2, 0.25) is 0 Å².